The molecule has 0 bridgehead atoms. The zero-order valence-electron chi connectivity index (χ0n) is 18.3. The lowest BCUT2D eigenvalue weighted by Gasteiger charge is -2.28. The molecule has 4 heterocycles. The highest BCUT2D eigenvalue weighted by Crippen LogP contribution is 2.27. The number of alkyl halides is 3. The van der Waals surface area contributed by atoms with Gasteiger partial charge in [0.05, 0.1) is 25.1 Å². The van der Waals surface area contributed by atoms with E-state index in [0.29, 0.717) is 30.4 Å². The monoisotopic (exact) mass is 473 g/mol. The Kier molecular flexibility index (Phi) is 6.87. The number of hydrogen-bond acceptors (Lipinski definition) is 8. The Morgan fingerprint density at radius 3 is 2.53 bits per heavy atom. The van der Waals surface area contributed by atoms with Crippen molar-refractivity contribution in [3.8, 4) is 0 Å². The van der Waals surface area contributed by atoms with Crippen LogP contribution in [0, 0.1) is 0 Å². The summed E-state index contributed by atoms with van der Waals surface area (Å²) in [6, 6.07) is 7.38. The number of nitrogens with zero attached hydrogens (tertiary/aromatic N) is 6. The van der Waals surface area contributed by atoms with Crippen molar-refractivity contribution >= 4 is 23.2 Å². The molecule has 1 aliphatic heterocycles. The molecule has 0 spiro atoms. The zero-order chi connectivity index (χ0) is 24.1. The number of amides is 1. The van der Waals surface area contributed by atoms with E-state index < -0.39 is 17.8 Å². The molecular weight excluding hydrogens is 451 g/mol. The summed E-state index contributed by atoms with van der Waals surface area (Å²) in [5.74, 6) is 0.349. The first kappa shape index (κ1) is 23.4. The molecule has 1 N–H and O–H groups in total. The van der Waals surface area contributed by atoms with Crippen molar-refractivity contribution in [2.75, 3.05) is 48.5 Å². The number of carbonyl (C=O) groups is 1. The average Bonchev–Trinajstić information content (AvgIpc) is 2.85. The number of nitrogens with one attached hydrogen (secondary N) is 1. The predicted molar refractivity (Wildman–Crippen MR) is 119 cm³/mol. The number of aromatic nitrogens is 4. The Hall–Kier alpha value is -3.80. The summed E-state index contributed by atoms with van der Waals surface area (Å²) in [5, 5.41) is 2.71. The van der Waals surface area contributed by atoms with Crippen LogP contribution in [-0.2, 0) is 17.5 Å². The second-order valence-electron chi connectivity index (χ2n) is 7.62. The van der Waals surface area contributed by atoms with Crippen LogP contribution in [0.4, 0.5) is 30.5 Å². The second kappa shape index (κ2) is 10.00. The van der Waals surface area contributed by atoms with Gasteiger partial charge in [0.2, 0.25) is 0 Å². The van der Waals surface area contributed by atoms with E-state index >= 15 is 0 Å². The molecule has 178 valence electrons. The molecule has 12 heteroatoms. The first-order valence-electron chi connectivity index (χ1n) is 10.4. The standard InChI is InChI=1S/C22H22F3N7O2/c1-31(13-15-2-4-18(26-11-15)22(23,24)25)20-10-17(28-14-29-20)21(33)30-19-5-3-16(12-27-19)32-6-8-34-9-7-32/h2-5,10-12,14H,6-9,13H2,1H3,(H,27,30,33). The Bertz CT molecular complexity index is 1120. The third kappa shape index (κ3) is 5.76. The van der Waals surface area contributed by atoms with Crippen LogP contribution in [0.3, 0.4) is 0 Å². The fourth-order valence-electron chi connectivity index (χ4n) is 3.37. The van der Waals surface area contributed by atoms with Crippen molar-refractivity contribution in [1.82, 2.24) is 19.9 Å². The molecule has 0 aromatic carbocycles. The summed E-state index contributed by atoms with van der Waals surface area (Å²) >= 11 is 0. The third-order valence-corrected chi connectivity index (χ3v) is 5.18. The predicted octanol–water partition coefficient (Wildman–Crippen LogP) is 3.01. The maximum atomic E-state index is 12.7. The zero-order valence-corrected chi connectivity index (χ0v) is 18.3. The van der Waals surface area contributed by atoms with Crippen LogP contribution in [-0.4, -0.2) is 59.2 Å². The highest BCUT2D eigenvalue weighted by atomic mass is 19.4. The van der Waals surface area contributed by atoms with E-state index in [0.717, 1.165) is 24.8 Å². The lowest BCUT2D eigenvalue weighted by Crippen LogP contribution is -2.36. The summed E-state index contributed by atoms with van der Waals surface area (Å²) in [6.45, 7) is 3.14. The van der Waals surface area contributed by atoms with E-state index in [9.17, 15) is 18.0 Å². The normalized spacial score (nSPS) is 14.1. The fraction of sp³-hybridized carbons (Fsp3) is 0.318. The van der Waals surface area contributed by atoms with Gasteiger partial charge in [0.25, 0.3) is 5.91 Å². The van der Waals surface area contributed by atoms with Crippen LogP contribution in [0.2, 0.25) is 0 Å². The quantitative estimate of drug-likeness (QED) is 0.584. The summed E-state index contributed by atoms with van der Waals surface area (Å²) in [5.41, 5.74) is 0.683. The highest BCUT2D eigenvalue weighted by molar-refractivity contribution is 6.02. The van der Waals surface area contributed by atoms with E-state index in [1.165, 1.54) is 24.7 Å². The van der Waals surface area contributed by atoms with Gasteiger partial charge in [0.15, 0.2) is 0 Å². The Morgan fingerprint density at radius 1 is 1.09 bits per heavy atom. The van der Waals surface area contributed by atoms with E-state index in [1.807, 2.05) is 6.07 Å². The van der Waals surface area contributed by atoms with Crippen molar-refractivity contribution in [1.29, 1.82) is 0 Å². The summed E-state index contributed by atoms with van der Waals surface area (Å²) in [7, 11) is 1.70. The number of anilines is 3. The topological polar surface area (TPSA) is 96.4 Å². The van der Waals surface area contributed by atoms with E-state index in [-0.39, 0.29) is 12.2 Å². The molecule has 0 aliphatic carbocycles. The van der Waals surface area contributed by atoms with Gasteiger partial charge in [-0.2, -0.15) is 13.2 Å². The molecule has 1 fully saturated rings. The van der Waals surface area contributed by atoms with Gasteiger partial charge < -0.3 is 19.9 Å². The van der Waals surface area contributed by atoms with Gasteiger partial charge in [-0.1, -0.05) is 6.07 Å². The molecule has 1 amide bonds. The van der Waals surface area contributed by atoms with Crippen LogP contribution in [0.5, 0.6) is 0 Å². The second-order valence-corrected chi connectivity index (χ2v) is 7.62. The minimum atomic E-state index is -4.49. The molecule has 3 aromatic rings. The number of pyridine rings is 2. The Morgan fingerprint density at radius 2 is 1.88 bits per heavy atom. The number of halogens is 3. The number of carbonyl (C=O) groups excluding carboxylic acids is 1. The maximum absolute atomic E-state index is 12.7. The van der Waals surface area contributed by atoms with Crippen molar-refractivity contribution in [2.24, 2.45) is 0 Å². The van der Waals surface area contributed by atoms with Gasteiger partial charge in [-0.25, -0.2) is 15.0 Å². The largest absolute Gasteiger partial charge is 0.433 e. The van der Waals surface area contributed by atoms with Crippen LogP contribution in [0.15, 0.2) is 49.1 Å². The minimum Gasteiger partial charge on any atom is -0.378 e. The van der Waals surface area contributed by atoms with Crippen LogP contribution < -0.4 is 15.1 Å². The average molecular weight is 473 g/mol. The third-order valence-electron chi connectivity index (χ3n) is 5.18. The summed E-state index contributed by atoms with van der Waals surface area (Å²) in [4.78, 5) is 32.4. The Labute approximate surface area is 193 Å². The van der Waals surface area contributed by atoms with Crippen LogP contribution >= 0.6 is 0 Å². The number of morpholine rings is 1. The van der Waals surface area contributed by atoms with Crippen molar-refractivity contribution in [3.63, 3.8) is 0 Å². The highest BCUT2D eigenvalue weighted by Gasteiger charge is 2.32. The molecule has 34 heavy (non-hydrogen) atoms. The van der Waals surface area contributed by atoms with Gasteiger partial charge >= 0.3 is 6.18 Å². The SMILES string of the molecule is CN(Cc1ccc(C(F)(F)F)nc1)c1cc(C(=O)Nc2ccc(N3CCOCC3)cn2)ncn1. The maximum Gasteiger partial charge on any atom is 0.433 e. The smallest absolute Gasteiger partial charge is 0.378 e. The molecular formula is C22H22F3N7O2. The minimum absolute atomic E-state index is 0.126. The summed E-state index contributed by atoms with van der Waals surface area (Å²) in [6.07, 6.45) is -0.379. The van der Waals surface area contributed by atoms with Gasteiger partial charge in [0.1, 0.15) is 29.4 Å². The molecule has 9 nitrogen and oxygen atoms in total. The lowest BCUT2D eigenvalue weighted by atomic mass is 10.2. The van der Waals surface area contributed by atoms with Crippen LogP contribution in [0.25, 0.3) is 0 Å². The Balaban J connectivity index is 1.38. The molecule has 1 saturated heterocycles. The molecule has 1 aliphatic rings. The first-order valence-corrected chi connectivity index (χ1v) is 10.4. The van der Waals surface area contributed by atoms with Crippen molar-refractivity contribution in [3.05, 3.63) is 66.0 Å². The summed E-state index contributed by atoms with van der Waals surface area (Å²) < 4.78 is 43.4. The van der Waals surface area contributed by atoms with Gasteiger partial charge in [-0.3, -0.25) is 9.78 Å². The number of hydrogen-bond donors (Lipinski definition) is 1. The van der Waals surface area contributed by atoms with E-state index in [2.05, 4.69) is 30.2 Å². The van der Waals surface area contributed by atoms with Crippen LogP contribution in [0.1, 0.15) is 21.7 Å². The van der Waals surface area contributed by atoms with Crippen molar-refractivity contribution in [2.45, 2.75) is 12.7 Å². The fourth-order valence-corrected chi connectivity index (χ4v) is 3.37. The molecule has 0 atom stereocenters. The molecule has 4 rings (SSSR count). The molecule has 0 radical (unpaired) electrons. The lowest BCUT2D eigenvalue weighted by molar-refractivity contribution is -0.141. The molecule has 0 unspecified atom stereocenters. The van der Waals surface area contributed by atoms with E-state index in [4.69, 9.17) is 4.74 Å². The van der Waals surface area contributed by atoms with E-state index in [1.54, 1.807) is 24.2 Å². The number of ether oxygens (including phenoxy) is 1. The van der Waals surface area contributed by atoms with Gasteiger partial charge in [0, 0.05) is 38.9 Å². The van der Waals surface area contributed by atoms with Gasteiger partial charge in [-0.15, -0.1) is 0 Å². The van der Waals surface area contributed by atoms with Crippen molar-refractivity contribution < 1.29 is 22.7 Å². The molecule has 3 aromatic heterocycles. The molecule has 0 saturated carbocycles. The van der Waals surface area contributed by atoms with Gasteiger partial charge in [-0.05, 0) is 23.8 Å². The number of rotatable bonds is 6. The first-order chi connectivity index (χ1) is 16.3.